The van der Waals surface area contributed by atoms with Gasteiger partial charge >= 0.3 is 18.1 Å². The molecule has 0 aromatic carbocycles. The van der Waals surface area contributed by atoms with E-state index in [9.17, 15) is 22.8 Å². The molecule has 0 aliphatic carbocycles. The van der Waals surface area contributed by atoms with Crippen molar-refractivity contribution in [2.45, 2.75) is 6.18 Å². The van der Waals surface area contributed by atoms with Crippen LogP contribution in [-0.4, -0.2) is 54.9 Å². The van der Waals surface area contributed by atoms with Crippen LogP contribution in [-0.2, 0) is 14.3 Å². The molecule has 0 saturated carbocycles. The molecule has 0 aromatic heterocycles. The highest BCUT2D eigenvalue weighted by Crippen LogP contribution is 2.18. The Morgan fingerprint density at radius 2 is 1.93 bits per heavy atom. The normalized spacial score (nSPS) is 11.2. The fraction of sp³-hybridized carbons (Fsp3) is 0.714. The first kappa shape index (κ1) is 13.7. The van der Waals surface area contributed by atoms with E-state index in [1.165, 1.54) is 7.11 Å². The van der Waals surface area contributed by atoms with Crippen LogP contribution in [0, 0.1) is 0 Å². The van der Waals surface area contributed by atoms with Gasteiger partial charge in [-0.05, 0) is 0 Å². The molecule has 1 amide bonds. The van der Waals surface area contributed by atoms with Gasteiger partial charge in [-0.3, -0.25) is 9.59 Å². The molecule has 0 aliphatic rings. The third kappa shape index (κ3) is 5.21. The molecule has 0 spiro atoms. The minimum absolute atomic E-state index is 0.158. The molecule has 0 fully saturated rings. The second-order valence-corrected chi connectivity index (χ2v) is 2.61. The Hall–Kier alpha value is -1.31. The summed E-state index contributed by atoms with van der Waals surface area (Å²) in [5.41, 5.74) is 0. The molecule has 0 bridgehead atoms. The van der Waals surface area contributed by atoms with Gasteiger partial charge in [-0.2, -0.15) is 13.2 Å². The van der Waals surface area contributed by atoms with Crippen LogP contribution in [0.15, 0.2) is 0 Å². The fourth-order valence-corrected chi connectivity index (χ4v) is 0.796. The van der Waals surface area contributed by atoms with Gasteiger partial charge in [0.05, 0.1) is 6.61 Å². The average molecular weight is 229 g/mol. The van der Waals surface area contributed by atoms with E-state index in [0.717, 1.165) is 0 Å². The van der Waals surface area contributed by atoms with Gasteiger partial charge in [0.1, 0.15) is 6.54 Å². The Labute approximate surface area is 83.4 Å². The Morgan fingerprint density at radius 3 is 2.27 bits per heavy atom. The van der Waals surface area contributed by atoms with Gasteiger partial charge in [-0.1, -0.05) is 0 Å². The summed E-state index contributed by atoms with van der Waals surface area (Å²) in [5.74, 6) is -3.69. The Morgan fingerprint density at radius 1 is 1.40 bits per heavy atom. The lowest BCUT2D eigenvalue weighted by molar-refractivity contribution is -0.187. The summed E-state index contributed by atoms with van der Waals surface area (Å²) in [7, 11) is 1.23. The second kappa shape index (κ2) is 5.54. The van der Waals surface area contributed by atoms with Gasteiger partial charge in [0.25, 0.3) is 0 Å². The SMILES string of the molecule is COCCN(CC(=O)O)C(=O)C(F)(F)F. The Balaban J connectivity index is 4.47. The lowest BCUT2D eigenvalue weighted by Gasteiger charge is -2.21. The minimum atomic E-state index is -5.07. The van der Waals surface area contributed by atoms with E-state index in [4.69, 9.17) is 5.11 Å². The number of nitrogens with zero attached hydrogens (tertiary/aromatic N) is 1. The molecule has 8 heteroatoms. The molecule has 0 unspecified atom stereocenters. The maximum Gasteiger partial charge on any atom is 0.471 e. The predicted octanol–water partition coefficient (Wildman–Crippen LogP) is 0.108. The van der Waals surface area contributed by atoms with Crippen molar-refractivity contribution in [2.75, 3.05) is 26.8 Å². The molecule has 0 heterocycles. The van der Waals surface area contributed by atoms with Gasteiger partial charge in [-0.15, -0.1) is 0 Å². The highest BCUT2D eigenvalue weighted by atomic mass is 19.4. The van der Waals surface area contributed by atoms with Crippen molar-refractivity contribution in [3.8, 4) is 0 Å². The lowest BCUT2D eigenvalue weighted by atomic mass is 10.4. The number of carbonyl (C=O) groups excluding carboxylic acids is 1. The molecule has 0 rings (SSSR count). The van der Waals surface area contributed by atoms with E-state index >= 15 is 0 Å². The molecular weight excluding hydrogens is 219 g/mol. The van der Waals surface area contributed by atoms with E-state index in [2.05, 4.69) is 4.74 Å². The molecule has 0 aliphatic heterocycles. The minimum Gasteiger partial charge on any atom is -0.480 e. The molecule has 0 aromatic rings. The molecule has 5 nitrogen and oxygen atoms in total. The zero-order valence-corrected chi connectivity index (χ0v) is 7.87. The van der Waals surface area contributed by atoms with Gasteiger partial charge in [0.2, 0.25) is 0 Å². The average Bonchev–Trinajstić information content (AvgIpc) is 2.09. The molecule has 88 valence electrons. The first-order valence-corrected chi connectivity index (χ1v) is 3.86. The van der Waals surface area contributed by atoms with Crippen molar-refractivity contribution in [3.05, 3.63) is 0 Å². The van der Waals surface area contributed by atoms with Crippen LogP contribution < -0.4 is 0 Å². The van der Waals surface area contributed by atoms with E-state index in [1.807, 2.05) is 0 Å². The standard InChI is InChI=1S/C7H10F3NO4/c1-15-3-2-11(4-5(12)13)6(14)7(8,9)10/h2-4H2,1H3,(H,12,13). The fourth-order valence-electron chi connectivity index (χ4n) is 0.796. The van der Waals surface area contributed by atoms with Crippen LogP contribution in [0.5, 0.6) is 0 Å². The highest BCUT2D eigenvalue weighted by molar-refractivity contribution is 5.85. The molecular formula is C7H10F3NO4. The van der Waals surface area contributed by atoms with Crippen LogP contribution in [0.3, 0.4) is 0 Å². The number of aliphatic carboxylic acids is 1. The van der Waals surface area contributed by atoms with Crippen LogP contribution >= 0.6 is 0 Å². The monoisotopic (exact) mass is 229 g/mol. The number of amides is 1. The third-order valence-corrected chi connectivity index (χ3v) is 1.42. The van der Waals surface area contributed by atoms with Crippen molar-refractivity contribution >= 4 is 11.9 Å². The van der Waals surface area contributed by atoms with Crippen LogP contribution in [0.4, 0.5) is 13.2 Å². The van der Waals surface area contributed by atoms with Gasteiger partial charge in [0, 0.05) is 13.7 Å². The highest BCUT2D eigenvalue weighted by Gasteiger charge is 2.42. The summed E-state index contributed by atoms with van der Waals surface area (Å²) in [6.45, 7) is -1.57. The number of hydrogen-bond donors (Lipinski definition) is 1. The summed E-state index contributed by atoms with van der Waals surface area (Å²) in [6.07, 6.45) is -5.07. The van der Waals surface area contributed by atoms with Crippen molar-refractivity contribution in [3.63, 3.8) is 0 Å². The Bertz CT molecular complexity index is 241. The first-order valence-electron chi connectivity index (χ1n) is 3.86. The van der Waals surface area contributed by atoms with Crippen LogP contribution in [0.1, 0.15) is 0 Å². The van der Waals surface area contributed by atoms with Crippen molar-refractivity contribution in [1.29, 1.82) is 0 Å². The third-order valence-electron chi connectivity index (χ3n) is 1.42. The summed E-state index contributed by atoms with van der Waals surface area (Å²) >= 11 is 0. The van der Waals surface area contributed by atoms with E-state index in [0.29, 0.717) is 0 Å². The van der Waals surface area contributed by atoms with E-state index < -0.39 is 31.1 Å². The van der Waals surface area contributed by atoms with Crippen LogP contribution in [0.2, 0.25) is 0 Å². The zero-order chi connectivity index (χ0) is 12.1. The Kier molecular flexibility index (Phi) is 5.06. The number of carboxylic acid groups (broad SMARTS) is 1. The summed E-state index contributed by atoms with van der Waals surface area (Å²) in [5, 5.41) is 8.30. The van der Waals surface area contributed by atoms with Crippen LogP contribution in [0.25, 0.3) is 0 Å². The van der Waals surface area contributed by atoms with Gasteiger partial charge in [0.15, 0.2) is 0 Å². The first-order chi connectivity index (χ1) is 6.79. The maximum absolute atomic E-state index is 12.0. The van der Waals surface area contributed by atoms with E-state index in [1.54, 1.807) is 0 Å². The predicted molar refractivity (Wildman–Crippen MR) is 42.1 cm³/mol. The second-order valence-electron chi connectivity index (χ2n) is 2.61. The molecule has 1 N–H and O–H groups in total. The number of methoxy groups -OCH3 is 1. The number of ether oxygens (including phenoxy) is 1. The molecule has 0 radical (unpaired) electrons. The number of hydrogen-bond acceptors (Lipinski definition) is 3. The summed E-state index contributed by atoms with van der Waals surface area (Å²) in [6, 6.07) is 0. The number of halogens is 3. The van der Waals surface area contributed by atoms with Crippen molar-refractivity contribution < 1.29 is 32.6 Å². The smallest absolute Gasteiger partial charge is 0.471 e. The number of carbonyl (C=O) groups is 2. The number of carboxylic acids is 1. The van der Waals surface area contributed by atoms with E-state index in [-0.39, 0.29) is 11.5 Å². The molecule has 0 atom stereocenters. The van der Waals surface area contributed by atoms with Crippen molar-refractivity contribution in [2.24, 2.45) is 0 Å². The topological polar surface area (TPSA) is 66.8 Å². The quantitative estimate of drug-likeness (QED) is 0.726. The molecule has 0 saturated heterocycles. The number of rotatable bonds is 5. The van der Waals surface area contributed by atoms with Gasteiger partial charge in [-0.25, -0.2) is 0 Å². The largest absolute Gasteiger partial charge is 0.480 e. The maximum atomic E-state index is 12.0. The zero-order valence-electron chi connectivity index (χ0n) is 7.87. The lowest BCUT2D eigenvalue weighted by Crippen LogP contribution is -2.45. The summed E-state index contributed by atoms with van der Waals surface area (Å²) < 4.78 is 40.3. The van der Waals surface area contributed by atoms with Crippen molar-refractivity contribution in [1.82, 2.24) is 4.90 Å². The summed E-state index contributed by atoms with van der Waals surface area (Å²) in [4.78, 5) is 21.1. The molecule has 15 heavy (non-hydrogen) atoms. The van der Waals surface area contributed by atoms with Gasteiger partial charge < -0.3 is 14.7 Å². The number of alkyl halides is 3.